The molecule has 0 radical (unpaired) electrons. The van der Waals surface area contributed by atoms with Crippen molar-refractivity contribution in [3.63, 3.8) is 0 Å². The maximum absolute atomic E-state index is 13.9. The first kappa shape index (κ1) is 15.6. The van der Waals surface area contributed by atoms with Crippen LogP contribution in [0.1, 0.15) is 19.3 Å². The van der Waals surface area contributed by atoms with E-state index in [0.29, 0.717) is 25.9 Å². The molecule has 0 unspecified atom stereocenters. The summed E-state index contributed by atoms with van der Waals surface area (Å²) in [5, 5.41) is 0. The Hall–Kier alpha value is -2.28. The highest BCUT2D eigenvalue weighted by Crippen LogP contribution is 2.29. The van der Waals surface area contributed by atoms with Gasteiger partial charge < -0.3 is 5.73 Å². The molecule has 122 valence electrons. The van der Waals surface area contributed by atoms with Crippen LogP contribution < -0.4 is 10.6 Å². The minimum Gasteiger partial charge on any atom is -0.369 e. The van der Waals surface area contributed by atoms with Crippen LogP contribution in [0.3, 0.4) is 0 Å². The number of piperidine rings is 1. The summed E-state index contributed by atoms with van der Waals surface area (Å²) in [4.78, 5) is 38.8. The molecule has 0 saturated carbocycles. The van der Waals surface area contributed by atoms with Crippen LogP contribution in [0.15, 0.2) is 24.3 Å². The molecule has 0 aromatic heterocycles. The first-order chi connectivity index (χ1) is 11.0. The number of halogens is 1. The van der Waals surface area contributed by atoms with Gasteiger partial charge in [0.1, 0.15) is 5.82 Å². The highest BCUT2D eigenvalue weighted by molar-refractivity contribution is 6.22. The van der Waals surface area contributed by atoms with Crippen LogP contribution in [0.5, 0.6) is 0 Å². The number of primary amides is 1. The molecule has 0 spiro atoms. The van der Waals surface area contributed by atoms with E-state index >= 15 is 0 Å². The number of nitrogens with two attached hydrogens (primary N) is 1. The molecule has 0 aliphatic carbocycles. The van der Waals surface area contributed by atoms with Gasteiger partial charge in [0, 0.05) is 5.92 Å². The average Bonchev–Trinajstić information content (AvgIpc) is 2.83. The van der Waals surface area contributed by atoms with Gasteiger partial charge in [-0.15, -0.1) is 0 Å². The zero-order valence-electron chi connectivity index (χ0n) is 12.6. The van der Waals surface area contributed by atoms with Gasteiger partial charge in [-0.1, -0.05) is 12.1 Å². The van der Waals surface area contributed by atoms with Gasteiger partial charge in [-0.05, 0) is 38.1 Å². The normalized spacial score (nSPS) is 23.5. The third-order valence-electron chi connectivity index (χ3n) is 4.59. The maximum Gasteiger partial charge on any atom is 0.251 e. The number of benzene rings is 1. The van der Waals surface area contributed by atoms with Crippen molar-refractivity contribution in [2.24, 2.45) is 11.7 Å². The van der Waals surface area contributed by atoms with Crippen molar-refractivity contribution < 1.29 is 18.8 Å². The Bertz CT molecular complexity index is 656. The second-order valence-electron chi connectivity index (χ2n) is 5.95. The Labute approximate surface area is 133 Å². The molecule has 7 heteroatoms. The summed E-state index contributed by atoms with van der Waals surface area (Å²) in [7, 11) is 0. The van der Waals surface area contributed by atoms with E-state index in [9.17, 15) is 18.8 Å². The first-order valence-electron chi connectivity index (χ1n) is 7.63. The van der Waals surface area contributed by atoms with Crippen LogP contribution in [0.4, 0.5) is 10.1 Å². The minimum atomic E-state index is -0.595. The van der Waals surface area contributed by atoms with Crippen molar-refractivity contribution in [3.05, 3.63) is 30.1 Å². The molecule has 1 aromatic carbocycles. The molecule has 2 aliphatic rings. The van der Waals surface area contributed by atoms with Gasteiger partial charge in [-0.25, -0.2) is 9.29 Å². The lowest BCUT2D eigenvalue weighted by Gasteiger charge is -2.33. The molecule has 2 N–H and O–H groups in total. The summed E-state index contributed by atoms with van der Waals surface area (Å²) >= 11 is 0. The van der Waals surface area contributed by atoms with E-state index in [-0.39, 0.29) is 23.9 Å². The highest BCUT2D eigenvalue weighted by Gasteiger charge is 2.44. The maximum atomic E-state index is 13.9. The largest absolute Gasteiger partial charge is 0.369 e. The number of likely N-dealkylation sites (tertiary alicyclic amines) is 1. The molecule has 2 fully saturated rings. The molecule has 6 nitrogen and oxygen atoms in total. The second-order valence-corrected chi connectivity index (χ2v) is 5.95. The smallest absolute Gasteiger partial charge is 0.251 e. The fraction of sp³-hybridized carbons (Fsp3) is 0.438. The van der Waals surface area contributed by atoms with Crippen molar-refractivity contribution in [1.29, 1.82) is 0 Å². The van der Waals surface area contributed by atoms with Crippen molar-refractivity contribution in [3.8, 4) is 0 Å². The van der Waals surface area contributed by atoms with Gasteiger partial charge in [0.25, 0.3) is 5.91 Å². The van der Waals surface area contributed by atoms with Gasteiger partial charge in [0.2, 0.25) is 11.8 Å². The Balaban J connectivity index is 1.75. The predicted molar refractivity (Wildman–Crippen MR) is 80.8 cm³/mol. The van der Waals surface area contributed by atoms with Gasteiger partial charge in [0.15, 0.2) is 0 Å². The van der Waals surface area contributed by atoms with E-state index in [4.69, 9.17) is 5.73 Å². The fourth-order valence-electron chi connectivity index (χ4n) is 3.28. The Morgan fingerprint density at radius 2 is 1.83 bits per heavy atom. The first-order valence-corrected chi connectivity index (χ1v) is 7.63. The van der Waals surface area contributed by atoms with Crippen LogP contribution in [0.2, 0.25) is 0 Å². The van der Waals surface area contributed by atoms with E-state index in [1.165, 1.54) is 18.2 Å². The van der Waals surface area contributed by atoms with Crippen LogP contribution in [-0.4, -0.2) is 41.8 Å². The van der Waals surface area contributed by atoms with Crippen LogP contribution >= 0.6 is 0 Å². The molecular formula is C16H18FN3O3. The lowest BCUT2D eigenvalue weighted by molar-refractivity contribution is -0.124. The summed E-state index contributed by atoms with van der Waals surface area (Å²) in [6.45, 7) is 1.06. The average molecular weight is 319 g/mol. The Morgan fingerprint density at radius 1 is 1.17 bits per heavy atom. The predicted octanol–water partition coefficient (Wildman–Crippen LogP) is 0.655. The van der Waals surface area contributed by atoms with E-state index in [2.05, 4.69) is 0 Å². The summed E-state index contributed by atoms with van der Waals surface area (Å²) in [5.74, 6) is -1.91. The van der Waals surface area contributed by atoms with E-state index in [1.54, 1.807) is 6.07 Å². The number of para-hydroxylation sites is 1. The molecule has 0 bridgehead atoms. The standard InChI is InChI=1S/C16H18FN3O3/c17-11-3-1-2-4-12(11)20-14(21)9-13(16(20)23)19-7-5-10(6-8-19)15(18)22/h1-4,10,13H,5-9H2,(H2,18,22)/t13-/m1/s1. The van der Waals surface area contributed by atoms with Crippen molar-refractivity contribution >= 4 is 23.4 Å². The molecule has 2 heterocycles. The van der Waals surface area contributed by atoms with Gasteiger partial charge in [-0.2, -0.15) is 0 Å². The molecule has 2 aliphatic heterocycles. The lowest BCUT2D eigenvalue weighted by Crippen LogP contribution is -2.47. The number of nitrogens with zero attached hydrogens (tertiary/aromatic N) is 2. The SMILES string of the molecule is NC(=O)C1CCN([C@@H]2CC(=O)N(c3ccccc3F)C2=O)CC1. The molecule has 2 saturated heterocycles. The van der Waals surface area contributed by atoms with E-state index < -0.39 is 23.7 Å². The minimum absolute atomic E-state index is 0.00276. The monoisotopic (exact) mass is 319 g/mol. The molecule has 3 amide bonds. The third kappa shape index (κ3) is 2.84. The van der Waals surface area contributed by atoms with Gasteiger partial charge in [0.05, 0.1) is 18.2 Å². The molecule has 1 aromatic rings. The number of rotatable bonds is 3. The number of carbonyl (C=O) groups is 3. The lowest BCUT2D eigenvalue weighted by atomic mass is 9.95. The zero-order valence-corrected chi connectivity index (χ0v) is 12.6. The van der Waals surface area contributed by atoms with Gasteiger partial charge >= 0.3 is 0 Å². The fourth-order valence-corrected chi connectivity index (χ4v) is 3.28. The van der Waals surface area contributed by atoms with E-state index in [0.717, 1.165) is 4.90 Å². The quantitative estimate of drug-likeness (QED) is 0.829. The van der Waals surface area contributed by atoms with Crippen molar-refractivity contribution in [2.75, 3.05) is 18.0 Å². The van der Waals surface area contributed by atoms with Gasteiger partial charge in [-0.3, -0.25) is 19.3 Å². The summed E-state index contributed by atoms with van der Waals surface area (Å²) in [5.41, 5.74) is 5.30. The number of hydrogen-bond donors (Lipinski definition) is 1. The number of imide groups is 1. The number of carbonyl (C=O) groups excluding carboxylic acids is 3. The van der Waals surface area contributed by atoms with Crippen molar-refractivity contribution in [1.82, 2.24) is 4.90 Å². The zero-order chi connectivity index (χ0) is 16.6. The summed E-state index contributed by atoms with van der Waals surface area (Å²) < 4.78 is 13.9. The summed E-state index contributed by atoms with van der Waals surface area (Å²) in [6, 6.07) is 5.16. The molecule has 3 rings (SSSR count). The van der Waals surface area contributed by atoms with Crippen LogP contribution in [-0.2, 0) is 14.4 Å². The van der Waals surface area contributed by atoms with Crippen LogP contribution in [0, 0.1) is 11.7 Å². The van der Waals surface area contributed by atoms with Crippen LogP contribution in [0.25, 0.3) is 0 Å². The topological polar surface area (TPSA) is 83.7 Å². The molecule has 1 atom stereocenters. The molecular weight excluding hydrogens is 301 g/mol. The number of hydrogen-bond acceptors (Lipinski definition) is 4. The second kappa shape index (κ2) is 6.08. The van der Waals surface area contributed by atoms with Crippen molar-refractivity contribution in [2.45, 2.75) is 25.3 Å². The summed E-state index contributed by atoms with van der Waals surface area (Å²) in [6.07, 6.45) is 1.19. The Morgan fingerprint density at radius 3 is 2.43 bits per heavy atom. The number of anilines is 1. The van der Waals surface area contributed by atoms with E-state index in [1.807, 2.05) is 4.90 Å². The number of amides is 3. The third-order valence-corrected chi connectivity index (χ3v) is 4.59. The molecule has 23 heavy (non-hydrogen) atoms. The Kier molecular flexibility index (Phi) is 4.12. The highest BCUT2D eigenvalue weighted by atomic mass is 19.1.